The third-order valence-corrected chi connectivity index (χ3v) is 4.63. The van der Waals surface area contributed by atoms with Crippen LogP contribution >= 0.6 is 0 Å². The van der Waals surface area contributed by atoms with Crippen molar-refractivity contribution in [3.63, 3.8) is 0 Å². The molecular formula is C20H18FN3O. The molecule has 126 valence electrons. The highest BCUT2D eigenvalue weighted by Crippen LogP contribution is 2.29. The maximum atomic E-state index is 13.4. The molecule has 0 bridgehead atoms. The van der Waals surface area contributed by atoms with Gasteiger partial charge in [-0.2, -0.15) is 0 Å². The molecule has 4 rings (SSSR count). The van der Waals surface area contributed by atoms with Crippen LogP contribution in [0.5, 0.6) is 0 Å². The third-order valence-electron chi connectivity index (χ3n) is 4.63. The number of carbonyl (C=O) groups excluding carboxylic acids is 1. The Morgan fingerprint density at radius 1 is 1.20 bits per heavy atom. The number of benzene rings is 1. The molecule has 1 unspecified atom stereocenters. The average molecular weight is 335 g/mol. The summed E-state index contributed by atoms with van der Waals surface area (Å²) in [5, 5.41) is 3.09. The second kappa shape index (κ2) is 6.51. The second-order valence-electron chi connectivity index (χ2n) is 6.30. The molecule has 2 heterocycles. The topological polar surface area (TPSA) is 57.8 Å². The molecule has 0 aliphatic heterocycles. The van der Waals surface area contributed by atoms with E-state index in [1.54, 1.807) is 30.6 Å². The summed E-state index contributed by atoms with van der Waals surface area (Å²) in [6.45, 7) is 0. The molecular weight excluding hydrogens is 317 g/mol. The fourth-order valence-electron chi connectivity index (χ4n) is 3.38. The molecule has 0 saturated heterocycles. The van der Waals surface area contributed by atoms with Crippen molar-refractivity contribution in [2.75, 3.05) is 0 Å². The van der Waals surface area contributed by atoms with Crippen molar-refractivity contribution in [3.05, 3.63) is 77.6 Å². The number of aromatic amines is 1. The predicted molar refractivity (Wildman–Crippen MR) is 93.6 cm³/mol. The summed E-state index contributed by atoms with van der Waals surface area (Å²) < 4.78 is 13.4. The van der Waals surface area contributed by atoms with Gasteiger partial charge in [0.25, 0.3) is 5.91 Å². The van der Waals surface area contributed by atoms with Crippen LogP contribution in [0.25, 0.3) is 11.1 Å². The van der Waals surface area contributed by atoms with E-state index >= 15 is 0 Å². The summed E-state index contributed by atoms with van der Waals surface area (Å²) in [4.78, 5) is 20.0. The van der Waals surface area contributed by atoms with Gasteiger partial charge in [0.1, 0.15) is 5.82 Å². The number of H-pyrrole nitrogens is 1. The summed E-state index contributed by atoms with van der Waals surface area (Å²) in [7, 11) is 0. The van der Waals surface area contributed by atoms with Gasteiger partial charge in [0.05, 0.1) is 11.6 Å². The number of aryl methyl sites for hydroxylation is 1. The van der Waals surface area contributed by atoms with E-state index < -0.39 is 0 Å². The summed E-state index contributed by atoms with van der Waals surface area (Å²) in [6.07, 6.45) is 8.08. The van der Waals surface area contributed by atoms with E-state index in [9.17, 15) is 9.18 Å². The number of hydrogen-bond donors (Lipinski definition) is 2. The Balaban J connectivity index is 1.57. The molecule has 2 N–H and O–H groups in total. The highest BCUT2D eigenvalue weighted by atomic mass is 19.1. The fraction of sp³-hybridized carbons (Fsp3) is 0.200. The van der Waals surface area contributed by atoms with Crippen molar-refractivity contribution in [1.82, 2.24) is 15.3 Å². The number of amides is 1. The number of carbonyl (C=O) groups is 1. The first-order valence-electron chi connectivity index (χ1n) is 8.39. The Morgan fingerprint density at radius 2 is 2.12 bits per heavy atom. The van der Waals surface area contributed by atoms with Gasteiger partial charge in [-0.05, 0) is 54.7 Å². The zero-order valence-electron chi connectivity index (χ0n) is 13.6. The highest BCUT2D eigenvalue weighted by molar-refractivity contribution is 5.95. The smallest absolute Gasteiger partial charge is 0.253 e. The first-order valence-corrected chi connectivity index (χ1v) is 8.39. The van der Waals surface area contributed by atoms with Gasteiger partial charge in [-0.3, -0.25) is 9.78 Å². The minimum Gasteiger partial charge on any atom is -0.365 e. The highest BCUT2D eigenvalue weighted by Gasteiger charge is 2.23. The number of hydrogen-bond acceptors (Lipinski definition) is 2. The van der Waals surface area contributed by atoms with Crippen molar-refractivity contribution in [2.24, 2.45) is 0 Å². The van der Waals surface area contributed by atoms with Crippen LogP contribution in [-0.2, 0) is 6.42 Å². The van der Waals surface area contributed by atoms with Gasteiger partial charge in [0.2, 0.25) is 0 Å². The second-order valence-corrected chi connectivity index (χ2v) is 6.30. The quantitative estimate of drug-likeness (QED) is 0.759. The van der Waals surface area contributed by atoms with Crippen LogP contribution in [0.15, 0.2) is 55.0 Å². The van der Waals surface area contributed by atoms with Crippen molar-refractivity contribution >= 4 is 5.91 Å². The predicted octanol–water partition coefficient (Wildman–Crippen LogP) is 4.02. The molecule has 5 heteroatoms. The maximum absolute atomic E-state index is 13.4. The number of rotatable bonds is 3. The molecule has 1 aliphatic carbocycles. The van der Waals surface area contributed by atoms with E-state index in [4.69, 9.17) is 0 Å². The Labute approximate surface area is 145 Å². The normalized spacial score (nSPS) is 16.3. The third kappa shape index (κ3) is 3.18. The van der Waals surface area contributed by atoms with E-state index in [-0.39, 0.29) is 17.8 Å². The van der Waals surface area contributed by atoms with Crippen LogP contribution in [0.1, 0.15) is 40.5 Å². The minimum atomic E-state index is -0.311. The average Bonchev–Trinajstić information content (AvgIpc) is 3.12. The van der Waals surface area contributed by atoms with Gasteiger partial charge in [0.15, 0.2) is 0 Å². The number of halogens is 1. The van der Waals surface area contributed by atoms with Crippen LogP contribution in [0.2, 0.25) is 0 Å². The van der Waals surface area contributed by atoms with Gasteiger partial charge >= 0.3 is 0 Å². The molecule has 4 nitrogen and oxygen atoms in total. The van der Waals surface area contributed by atoms with E-state index in [1.165, 1.54) is 17.8 Å². The van der Waals surface area contributed by atoms with Gasteiger partial charge < -0.3 is 10.3 Å². The lowest BCUT2D eigenvalue weighted by Crippen LogP contribution is -2.30. The molecule has 3 aromatic rings. The molecule has 25 heavy (non-hydrogen) atoms. The molecule has 2 aromatic heterocycles. The van der Waals surface area contributed by atoms with Crippen molar-refractivity contribution in [3.8, 4) is 11.1 Å². The molecule has 0 saturated carbocycles. The lowest BCUT2D eigenvalue weighted by Gasteiger charge is -2.23. The summed E-state index contributed by atoms with van der Waals surface area (Å²) in [5.41, 5.74) is 4.26. The summed E-state index contributed by atoms with van der Waals surface area (Å²) in [5.74, 6) is -0.473. The zero-order valence-corrected chi connectivity index (χ0v) is 13.6. The van der Waals surface area contributed by atoms with Gasteiger partial charge in [-0.1, -0.05) is 12.1 Å². The number of pyridine rings is 1. The number of nitrogens with zero attached hydrogens (tertiary/aromatic N) is 1. The monoisotopic (exact) mass is 335 g/mol. The summed E-state index contributed by atoms with van der Waals surface area (Å²) >= 11 is 0. The molecule has 1 aliphatic rings. The SMILES string of the molecule is O=C(NC1CCCc2[nH]ccc21)c1cncc(-c2cccc(F)c2)c1. The Kier molecular flexibility index (Phi) is 4.06. The largest absolute Gasteiger partial charge is 0.365 e. The Morgan fingerprint density at radius 3 is 3.00 bits per heavy atom. The number of aromatic nitrogens is 2. The minimum absolute atomic E-state index is 0.0142. The van der Waals surface area contributed by atoms with Crippen molar-refractivity contribution in [2.45, 2.75) is 25.3 Å². The molecule has 1 atom stereocenters. The number of nitrogens with one attached hydrogen (secondary N) is 2. The molecule has 1 amide bonds. The van der Waals surface area contributed by atoms with E-state index in [2.05, 4.69) is 15.3 Å². The molecule has 0 radical (unpaired) electrons. The molecule has 1 aromatic carbocycles. The van der Waals surface area contributed by atoms with Crippen LogP contribution in [0.3, 0.4) is 0 Å². The molecule has 0 spiro atoms. The fourth-order valence-corrected chi connectivity index (χ4v) is 3.38. The van der Waals surface area contributed by atoms with E-state index in [0.29, 0.717) is 11.1 Å². The Hall–Kier alpha value is -2.95. The maximum Gasteiger partial charge on any atom is 0.253 e. The van der Waals surface area contributed by atoms with Crippen molar-refractivity contribution in [1.29, 1.82) is 0 Å². The van der Waals surface area contributed by atoms with Crippen LogP contribution in [-0.4, -0.2) is 15.9 Å². The Bertz CT molecular complexity index is 919. The molecule has 0 fully saturated rings. The lowest BCUT2D eigenvalue weighted by atomic mass is 9.93. The zero-order chi connectivity index (χ0) is 17.2. The first kappa shape index (κ1) is 15.6. The van der Waals surface area contributed by atoms with Gasteiger partial charge in [-0.25, -0.2) is 4.39 Å². The van der Waals surface area contributed by atoms with Gasteiger partial charge in [0, 0.05) is 29.8 Å². The standard InChI is InChI=1S/C20H18FN3O/c21-16-4-1-3-13(10-16)14-9-15(12-22-11-14)20(25)24-19-6-2-5-18-17(19)7-8-23-18/h1,3-4,7-12,19,23H,2,5-6H2,(H,24,25). The van der Waals surface area contributed by atoms with E-state index in [0.717, 1.165) is 30.4 Å². The van der Waals surface area contributed by atoms with E-state index in [1.807, 2.05) is 12.3 Å². The lowest BCUT2D eigenvalue weighted by molar-refractivity contribution is 0.0932. The summed E-state index contributed by atoms with van der Waals surface area (Å²) in [6, 6.07) is 10.1. The van der Waals surface area contributed by atoms with Crippen molar-refractivity contribution < 1.29 is 9.18 Å². The first-order chi connectivity index (χ1) is 12.2. The van der Waals surface area contributed by atoms with Crippen LogP contribution in [0.4, 0.5) is 4.39 Å². The van der Waals surface area contributed by atoms with Crippen LogP contribution < -0.4 is 5.32 Å². The van der Waals surface area contributed by atoms with Gasteiger partial charge in [-0.15, -0.1) is 0 Å². The van der Waals surface area contributed by atoms with Crippen LogP contribution in [0, 0.1) is 5.82 Å². The number of fused-ring (bicyclic) bond motifs is 1.